The van der Waals surface area contributed by atoms with Gasteiger partial charge in [0, 0.05) is 6.54 Å². The Balaban J connectivity index is 1.99. The van der Waals surface area contributed by atoms with Crippen molar-refractivity contribution in [3.8, 4) is 5.75 Å². The van der Waals surface area contributed by atoms with Crippen molar-refractivity contribution >= 4 is 6.09 Å². The Bertz CT molecular complexity index is 316. The van der Waals surface area contributed by atoms with E-state index in [1.54, 1.807) is 0 Å². The molecule has 1 aromatic carbocycles. The van der Waals surface area contributed by atoms with Crippen LogP contribution in [-0.2, 0) is 4.74 Å². The smallest absolute Gasteiger partial charge is 0.407 e. The van der Waals surface area contributed by atoms with Crippen LogP contribution in [0.15, 0.2) is 30.3 Å². The third-order valence-electron chi connectivity index (χ3n) is 1.93. The van der Waals surface area contributed by atoms with Crippen LogP contribution >= 0.6 is 0 Å². The predicted molar refractivity (Wildman–Crippen MR) is 63.0 cm³/mol. The fourth-order valence-corrected chi connectivity index (χ4v) is 1.16. The van der Waals surface area contributed by atoms with Crippen molar-refractivity contribution < 1.29 is 19.4 Å². The topological polar surface area (TPSA) is 67.8 Å². The van der Waals surface area contributed by atoms with Gasteiger partial charge in [0.2, 0.25) is 0 Å². The Morgan fingerprint density at radius 2 is 2.00 bits per heavy atom. The minimum absolute atomic E-state index is 0.0202. The van der Waals surface area contributed by atoms with Crippen LogP contribution in [0, 0.1) is 0 Å². The van der Waals surface area contributed by atoms with Crippen LogP contribution in [0.5, 0.6) is 5.75 Å². The van der Waals surface area contributed by atoms with Crippen LogP contribution in [0.1, 0.15) is 6.42 Å². The van der Waals surface area contributed by atoms with Crippen LogP contribution in [0.25, 0.3) is 0 Å². The summed E-state index contributed by atoms with van der Waals surface area (Å²) < 4.78 is 10.1. The normalized spacial score (nSPS) is 9.71. The molecule has 5 heteroatoms. The lowest BCUT2D eigenvalue weighted by atomic mass is 10.3. The van der Waals surface area contributed by atoms with Gasteiger partial charge in [0.25, 0.3) is 0 Å². The monoisotopic (exact) mass is 239 g/mol. The summed E-state index contributed by atoms with van der Waals surface area (Å²) in [6.07, 6.45) is 0.183. The minimum atomic E-state index is -0.515. The molecule has 0 bridgehead atoms. The molecule has 94 valence electrons. The number of nitrogens with one attached hydrogen (secondary N) is 1. The number of ether oxygens (including phenoxy) is 2. The first-order valence-electron chi connectivity index (χ1n) is 5.52. The zero-order chi connectivity index (χ0) is 12.3. The van der Waals surface area contributed by atoms with Crippen LogP contribution in [0.2, 0.25) is 0 Å². The van der Waals surface area contributed by atoms with Gasteiger partial charge in [-0.05, 0) is 18.6 Å². The van der Waals surface area contributed by atoms with Crippen LogP contribution in [0.3, 0.4) is 0 Å². The molecule has 0 aliphatic carbocycles. The molecule has 1 aromatic rings. The molecule has 1 rings (SSSR count). The van der Waals surface area contributed by atoms with Gasteiger partial charge < -0.3 is 19.9 Å². The maximum Gasteiger partial charge on any atom is 0.407 e. The number of benzene rings is 1. The highest BCUT2D eigenvalue weighted by molar-refractivity contribution is 5.66. The van der Waals surface area contributed by atoms with Gasteiger partial charge in [-0.3, -0.25) is 0 Å². The first-order valence-corrected chi connectivity index (χ1v) is 5.52. The number of carbonyl (C=O) groups excluding carboxylic acids is 1. The van der Waals surface area contributed by atoms with Crippen molar-refractivity contribution in [3.05, 3.63) is 30.3 Å². The molecule has 5 nitrogen and oxygen atoms in total. The lowest BCUT2D eigenvalue weighted by Crippen LogP contribution is -2.27. The lowest BCUT2D eigenvalue weighted by Gasteiger charge is -2.07. The van der Waals surface area contributed by atoms with Gasteiger partial charge in [-0.1, -0.05) is 18.2 Å². The molecule has 0 heterocycles. The van der Waals surface area contributed by atoms with Gasteiger partial charge >= 0.3 is 6.09 Å². The van der Waals surface area contributed by atoms with Crippen LogP contribution in [0.4, 0.5) is 4.79 Å². The second-order valence-corrected chi connectivity index (χ2v) is 3.30. The molecular formula is C12H17NO4. The fraction of sp³-hybridized carbons (Fsp3) is 0.417. The molecule has 1 amide bonds. The van der Waals surface area contributed by atoms with Crippen molar-refractivity contribution in [1.82, 2.24) is 5.32 Å². The van der Waals surface area contributed by atoms with Gasteiger partial charge in [-0.2, -0.15) is 0 Å². The Labute approximate surface area is 100 Å². The highest BCUT2D eigenvalue weighted by atomic mass is 16.6. The van der Waals surface area contributed by atoms with Crippen molar-refractivity contribution in [1.29, 1.82) is 0 Å². The quantitative estimate of drug-likeness (QED) is 0.701. The summed E-state index contributed by atoms with van der Waals surface area (Å²) in [6, 6.07) is 9.48. The number of hydrogen-bond acceptors (Lipinski definition) is 4. The zero-order valence-electron chi connectivity index (χ0n) is 9.59. The van der Waals surface area contributed by atoms with E-state index >= 15 is 0 Å². The summed E-state index contributed by atoms with van der Waals surface area (Å²) in [7, 11) is 0. The standard InChI is InChI=1S/C12H17NO4/c14-8-10-17-12(15)13-7-4-9-16-11-5-2-1-3-6-11/h1-3,5-6,14H,4,7-10H2,(H,13,15). The summed E-state index contributed by atoms with van der Waals surface area (Å²) >= 11 is 0. The third kappa shape index (κ3) is 6.42. The maximum absolute atomic E-state index is 10.9. The largest absolute Gasteiger partial charge is 0.494 e. The van der Waals surface area contributed by atoms with Crippen molar-refractivity contribution in [2.45, 2.75) is 6.42 Å². The van der Waals surface area contributed by atoms with E-state index < -0.39 is 6.09 Å². The molecule has 0 unspecified atom stereocenters. The van der Waals surface area contributed by atoms with Gasteiger partial charge in [-0.15, -0.1) is 0 Å². The van der Waals surface area contributed by atoms with Crippen molar-refractivity contribution in [2.24, 2.45) is 0 Å². The second-order valence-electron chi connectivity index (χ2n) is 3.30. The highest BCUT2D eigenvalue weighted by Crippen LogP contribution is 2.07. The molecule has 0 fully saturated rings. The summed E-state index contributed by atoms with van der Waals surface area (Å²) in [5.74, 6) is 0.815. The predicted octanol–water partition coefficient (Wildman–Crippen LogP) is 1.17. The molecule has 0 spiro atoms. The van der Waals surface area contributed by atoms with Crippen LogP contribution < -0.4 is 10.1 Å². The Morgan fingerprint density at radius 1 is 1.24 bits per heavy atom. The van der Waals surface area contributed by atoms with Gasteiger partial charge in [0.05, 0.1) is 13.2 Å². The van der Waals surface area contributed by atoms with E-state index in [0.717, 1.165) is 5.75 Å². The number of rotatable bonds is 7. The Morgan fingerprint density at radius 3 is 2.71 bits per heavy atom. The number of carbonyl (C=O) groups is 1. The first kappa shape index (κ1) is 13.3. The Kier molecular flexibility index (Phi) is 6.59. The third-order valence-corrected chi connectivity index (χ3v) is 1.93. The van der Waals surface area contributed by atoms with Gasteiger partial charge in [0.15, 0.2) is 0 Å². The second kappa shape index (κ2) is 8.41. The number of alkyl carbamates (subject to hydrolysis) is 1. The number of hydrogen-bond donors (Lipinski definition) is 2. The maximum atomic E-state index is 10.9. The summed E-state index contributed by atoms with van der Waals surface area (Å²) in [5, 5.41) is 11.0. The van der Waals surface area contributed by atoms with E-state index in [0.29, 0.717) is 19.6 Å². The molecule has 0 aromatic heterocycles. The SMILES string of the molecule is O=C(NCCCOc1ccccc1)OCCO. The highest BCUT2D eigenvalue weighted by Gasteiger charge is 1.99. The van der Waals surface area contributed by atoms with E-state index in [9.17, 15) is 4.79 Å². The fourth-order valence-electron chi connectivity index (χ4n) is 1.16. The van der Waals surface area contributed by atoms with Crippen LogP contribution in [-0.4, -0.2) is 37.6 Å². The van der Waals surface area contributed by atoms with E-state index in [2.05, 4.69) is 10.1 Å². The molecule has 17 heavy (non-hydrogen) atoms. The van der Waals surface area contributed by atoms with Crippen molar-refractivity contribution in [2.75, 3.05) is 26.4 Å². The van der Waals surface area contributed by atoms with E-state index in [1.807, 2.05) is 30.3 Å². The summed E-state index contributed by atoms with van der Waals surface area (Å²) in [5.41, 5.74) is 0. The molecule has 0 saturated carbocycles. The van der Waals surface area contributed by atoms with Gasteiger partial charge in [-0.25, -0.2) is 4.79 Å². The zero-order valence-corrected chi connectivity index (χ0v) is 9.59. The minimum Gasteiger partial charge on any atom is -0.494 e. The number of amides is 1. The summed E-state index contributed by atoms with van der Waals surface area (Å²) in [4.78, 5) is 10.9. The summed E-state index contributed by atoms with van der Waals surface area (Å²) in [6.45, 7) is 0.873. The molecule has 0 saturated heterocycles. The van der Waals surface area contributed by atoms with E-state index in [-0.39, 0.29) is 13.2 Å². The number of aliphatic hydroxyl groups is 1. The lowest BCUT2D eigenvalue weighted by molar-refractivity contribution is 0.119. The average Bonchev–Trinajstić information content (AvgIpc) is 2.37. The molecule has 0 atom stereocenters. The number of para-hydroxylation sites is 1. The number of aliphatic hydroxyl groups excluding tert-OH is 1. The molecule has 2 N–H and O–H groups in total. The average molecular weight is 239 g/mol. The first-order chi connectivity index (χ1) is 8.33. The van der Waals surface area contributed by atoms with E-state index in [1.165, 1.54) is 0 Å². The van der Waals surface area contributed by atoms with Crippen molar-refractivity contribution in [3.63, 3.8) is 0 Å². The van der Waals surface area contributed by atoms with E-state index in [4.69, 9.17) is 9.84 Å². The Hall–Kier alpha value is -1.75. The molecule has 0 radical (unpaired) electrons. The molecular weight excluding hydrogens is 222 g/mol. The molecule has 0 aliphatic heterocycles. The van der Waals surface area contributed by atoms with Gasteiger partial charge in [0.1, 0.15) is 12.4 Å². The molecule has 0 aliphatic rings.